The molecule has 1 aliphatic heterocycles. The lowest BCUT2D eigenvalue weighted by atomic mass is 9.99. The largest absolute Gasteiger partial charge is 0.354 e. The Morgan fingerprint density at radius 3 is 2.70 bits per heavy atom. The molecule has 4 rings (SSSR count). The third-order valence-electron chi connectivity index (χ3n) is 4.68. The molecule has 1 saturated heterocycles. The molecule has 2 aromatic heterocycles. The molecule has 0 saturated carbocycles. The molecule has 0 atom stereocenters. The van der Waals surface area contributed by atoms with Crippen LogP contribution in [0.25, 0.3) is 0 Å². The topological polar surface area (TPSA) is 83.9 Å². The summed E-state index contributed by atoms with van der Waals surface area (Å²) in [5.74, 6) is 0.971. The predicted molar refractivity (Wildman–Crippen MR) is 102 cm³/mol. The van der Waals surface area contributed by atoms with E-state index in [-0.39, 0.29) is 11.8 Å². The normalized spacial score (nSPS) is 13.9. The molecule has 3 aromatic rings. The van der Waals surface area contributed by atoms with E-state index in [0.717, 1.165) is 17.9 Å². The maximum atomic E-state index is 12.3. The number of nitrogens with zero attached hydrogens (tertiary/aromatic N) is 5. The second-order valence-corrected chi connectivity index (χ2v) is 6.64. The molecule has 3 heterocycles. The van der Waals surface area contributed by atoms with Crippen LogP contribution in [0.3, 0.4) is 0 Å². The summed E-state index contributed by atoms with van der Waals surface area (Å²) in [5, 5.41) is 2.74. The Kier molecular flexibility index (Phi) is 4.74. The summed E-state index contributed by atoms with van der Waals surface area (Å²) in [5.41, 5.74) is 3.41. The molecular formula is C20H20N6O. The number of amides is 1. The van der Waals surface area contributed by atoms with Crippen molar-refractivity contribution in [2.75, 3.05) is 23.3 Å². The van der Waals surface area contributed by atoms with E-state index < -0.39 is 0 Å². The van der Waals surface area contributed by atoms with Crippen LogP contribution in [-0.4, -0.2) is 38.9 Å². The number of nitrogens with one attached hydrogen (secondary N) is 1. The fraction of sp³-hybridized carbons (Fsp3) is 0.250. The number of rotatable bonds is 5. The lowest BCUT2D eigenvalue weighted by molar-refractivity contribution is -0.120. The van der Waals surface area contributed by atoms with Gasteiger partial charge in [0.25, 0.3) is 0 Å². The molecule has 0 radical (unpaired) electrons. The standard InChI is InChI=1S/C20H20N6O/c1-14-5-2-3-6-15(14)9-17-10-21-11-18(24-17)26-12-16(13-26)19(27)25-20-22-7-4-8-23-20/h2-8,10-11,16H,9,12-13H2,1H3,(H,22,23,25,27). The van der Waals surface area contributed by atoms with E-state index in [4.69, 9.17) is 4.98 Å². The average molecular weight is 360 g/mol. The Labute approximate surface area is 157 Å². The van der Waals surface area contributed by atoms with Crippen molar-refractivity contribution in [2.45, 2.75) is 13.3 Å². The summed E-state index contributed by atoms with van der Waals surface area (Å²) < 4.78 is 0. The Morgan fingerprint density at radius 1 is 1.15 bits per heavy atom. The summed E-state index contributed by atoms with van der Waals surface area (Å²) in [7, 11) is 0. The van der Waals surface area contributed by atoms with Gasteiger partial charge in [-0.1, -0.05) is 24.3 Å². The van der Waals surface area contributed by atoms with Crippen LogP contribution in [0.15, 0.2) is 55.1 Å². The summed E-state index contributed by atoms with van der Waals surface area (Å²) in [4.78, 5) is 31.4. The van der Waals surface area contributed by atoms with Crippen LogP contribution >= 0.6 is 0 Å². The van der Waals surface area contributed by atoms with Gasteiger partial charge in [0.15, 0.2) is 0 Å². The zero-order chi connectivity index (χ0) is 18.6. The lowest BCUT2D eigenvalue weighted by Gasteiger charge is -2.38. The van der Waals surface area contributed by atoms with Crippen LogP contribution in [0, 0.1) is 12.8 Å². The van der Waals surface area contributed by atoms with Gasteiger partial charge in [0.2, 0.25) is 11.9 Å². The number of hydrogen-bond donors (Lipinski definition) is 1. The van der Waals surface area contributed by atoms with Crippen LogP contribution in [0.1, 0.15) is 16.8 Å². The second-order valence-electron chi connectivity index (χ2n) is 6.64. The quantitative estimate of drug-likeness (QED) is 0.751. The summed E-state index contributed by atoms with van der Waals surface area (Å²) in [6.07, 6.45) is 7.50. The van der Waals surface area contributed by atoms with E-state index in [0.29, 0.717) is 19.0 Å². The van der Waals surface area contributed by atoms with E-state index in [2.05, 4.69) is 44.2 Å². The Bertz CT molecular complexity index is 940. The van der Waals surface area contributed by atoms with E-state index in [1.807, 2.05) is 12.1 Å². The molecule has 0 spiro atoms. The number of aryl methyl sites for hydroxylation is 1. The molecule has 136 valence electrons. The maximum absolute atomic E-state index is 12.3. The molecular weight excluding hydrogens is 340 g/mol. The molecule has 0 unspecified atom stereocenters. The Balaban J connectivity index is 1.37. The monoisotopic (exact) mass is 360 g/mol. The number of anilines is 2. The summed E-state index contributed by atoms with van der Waals surface area (Å²) >= 11 is 0. The maximum Gasteiger partial charge on any atom is 0.233 e. The minimum atomic E-state index is -0.101. The first-order valence-electron chi connectivity index (χ1n) is 8.87. The highest BCUT2D eigenvalue weighted by Gasteiger charge is 2.34. The van der Waals surface area contributed by atoms with Gasteiger partial charge in [-0.2, -0.15) is 0 Å². The van der Waals surface area contributed by atoms with E-state index in [1.54, 1.807) is 30.9 Å². The Morgan fingerprint density at radius 2 is 1.93 bits per heavy atom. The zero-order valence-corrected chi connectivity index (χ0v) is 15.0. The van der Waals surface area contributed by atoms with Gasteiger partial charge in [0.05, 0.1) is 17.8 Å². The third kappa shape index (κ3) is 3.92. The third-order valence-corrected chi connectivity index (χ3v) is 4.68. The fourth-order valence-electron chi connectivity index (χ4n) is 3.04. The molecule has 1 N–H and O–H groups in total. The highest BCUT2D eigenvalue weighted by atomic mass is 16.2. The molecule has 1 fully saturated rings. The first kappa shape index (κ1) is 17.1. The van der Waals surface area contributed by atoms with Crippen molar-refractivity contribution in [1.29, 1.82) is 0 Å². The van der Waals surface area contributed by atoms with Gasteiger partial charge in [0.1, 0.15) is 5.82 Å². The molecule has 0 aliphatic carbocycles. The van der Waals surface area contributed by atoms with Gasteiger partial charge in [-0.05, 0) is 24.1 Å². The van der Waals surface area contributed by atoms with Crippen molar-refractivity contribution in [2.24, 2.45) is 5.92 Å². The minimum Gasteiger partial charge on any atom is -0.354 e. The Hall–Kier alpha value is -3.35. The molecule has 1 aliphatic rings. The van der Waals surface area contributed by atoms with Gasteiger partial charge < -0.3 is 4.90 Å². The molecule has 7 nitrogen and oxygen atoms in total. The molecule has 7 heteroatoms. The molecule has 0 bridgehead atoms. The van der Waals surface area contributed by atoms with Crippen molar-refractivity contribution in [1.82, 2.24) is 19.9 Å². The highest BCUT2D eigenvalue weighted by molar-refractivity contribution is 5.92. The summed E-state index contributed by atoms with van der Waals surface area (Å²) in [6.45, 7) is 3.32. The van der Waals surface area contributed by atoms with E-state index >= 15 is 0 Å². The molecule has 1 aromatic carbocycles. The minimum absolute atomic E-state index is 0.0681. The van der Waals surface area contributed by atoms with Crippen molar-refractivity contribution in [3.8, 4) is 0 Å². The van der Waals surface area contributed by atoms with Crippen LogP contribution in [-0.2, 0) is 11.2 Å². The highest BCUT2D eigenvalue weighted by Crippen LogP contribution is 2.24. The lowest BCUT2D eigenvalue weighted by Crippen LogP contribution is -2.52. The first-order valence-corrected chi connectivity index (χ1v) is 8.87. The number of hydrogen-bond acceptors (Lipinski definition) is 6. The van der Waals surface area contributed by atoms with Gasteiger partial charge in [0, 0.05) is 38.1 Å². The number of carbonyl (C=O) groups excluding carboxylic acids is 1. The van der Waals surface area contributed by atoms with Crippen LogP contribution in [0.5, 0.6) is 0 Å². The fourth-order valence-corrected chi connectivity index (χ4v) is 3.04. The van der Waals surface area contributed by atoms with E-state index in [1.165, 1.54) is 11.1 Å². The smallest absolute Gasteiger partial charge is 0.233 e. The van der Waals surface area contributed by atoms with Crippen LogP contribution in [0.4, 0.5) is 11.8 Å². The van der Waals surface area contributed by atoms with Gasteiger partial charge in [-0.15, -0.1) is 0 Å². The van der Waals surface area contributed by atoms with Crippen molar-refractivity contribution in [3.05, 3.63) is 71.9 Å². The first-order chi connectivity index (χ1) is 13.2. The number of aromatic nitrogens is 4. The zero-order valence-electron chi connectivity index (χ0n) is 15.0. The number of benzene rings is 1. The van der Waals surface area contributed by atoms with Crippen LogP contribution < -0.4 is 10.2 Å². The van der Waals surface area contributed by atoms with Crippen molar-refractivity contribution >= 4 is 17.7 Å². The predicted octanol–water partition coefficient (Wildman–Crippen LogP) is 2.24. The molecule has 1 amide bonds. The van der Waals surface area contributed by atoms with Crippen LogP contribution in [0.2, 0.25) is 0 Å². The van der Waals surface area contributed by atoms with Crippen molar-refractivity contribution in [3.63, 3.8) is 0 Å². The average Bonchev–Trinajstić information content (AvgIpc) is 2.64. The van der Waals surface area contributed by atoms with Gasteiger partial charge >= 0.3 is 0 Å². The van der Waals surface area contributed by atoms with Crippen molar-refractivity contribution < 1.29 is 4.79 Å². The van der Waals surface area contributed by atoms with Gasteiger partial charge in [-0.25, -0.2) is 15.0 Å². The second kappa shape index (κ2) is 7.49. The molecule has 27 heavy (non-hydrogen) atoms. The summed E-state index contributed by atoms with van der Waals surface area (Å²) in [6, 6.07) is 9.99. The SMILES string of the molecule is Cc1ccccc1Cc1cncc(N2CC(C(=O)Nc3ncccn3)C2)n1. The number of carbonyl (C=O) groups is 1. The van der Waals surface area contributed by atoms with E-state index in [9.17, 15) is 4.79 Å². The van der Waals surface area contributed by atoms with Gasteiger partial charge in [-0.3, -0.25) is 15.1 Å².